The Hall–Kier alpha value is -2.21. The third-order valence-electron chi connectivity index (χ3n) is 1.91. The summed E-state index contributed by atoms with van der Waals surface area (Å²) in [5.74, 6) is 5.20. The lowest BCUT2D eigenvalue weighted by molar-refractivity contribution is 0.0949. The van der Waals surface area contributed by atoms with Gasteiger partial charge in [0.2, 0.25) is 0 Å². The Bertz CT molecular complexity index is 464. The van der Waals surface area contributed by atoms with Gasteiger partial charge in [-0.05, 0) is 12.1 Å². The van der Waals surface area contributed by atoms with E-state index < -0.39 is 5.91 Å². The van der Waals surface area contributed by atoms with Gasteiger partial charge in [-0.1, -0.05) is 0 Å². The van der Waals surface area contributed by atoms with Crippen LogP contribution in [0.15, 0.2) is 30.7 Å². The Labute approximate surface area is 85.5 Å². The molecule has 0 saturated heterocycles. The highest BCUT2D eigenvalue weighted by Gasteiger charge is 2.08. The summed E-state index contributed by atoms with van der Waals surface area (Å²) >= 11 is 0. The fraction of sp³-hybridized carbons (Fsp3) is 0. The molecule has 0 aliphatic carbocycles. The molecule has 0 atom stereocenters. The van der Waals surface area contributed by atoms with E-state index in [-0.39, 0.29) is 0 Å². The maximum atomic E-state index is 11.1. The Morgan fingerprint density at radius 1 is 1.40 bits per heavy atom. The molecule has 2 aromatic heterocycles. The minimum Gasteiger partial charge on any atom is -0.334 e. The summed E-state index contributed by atoms with van der Waals surface area (Å²) in [5.41, 5.74) is 3.21. The highest BCUT2D eigenvalue weighted by atomic mass is 16.2. The van der Waals surface area contributed by atoms with Gasteiger partial charge < -0.3 is 4.98 Å². The Morgan fingerprint density at radius 3 is 2.80 bits per heavy atom. The molecule has 0 aromatic carbocycles. The number of carbonyl (C=O) groups is 1. The Morgan fingerprint density at radius 2 is 2.13 bits per heavy atom. The Kier molecular flexibility index (Phi) is 2.42. The molecule has 0 spiro atoms. The molecule has 6 nitrogen and oxygen atoms in total. The SMILES string of the molecule is NNC(=O)c1cnc(-c2ccncc2)[nH]1. The third-order valence-corrected chi connectivity index (χ3v) is 1.91. The highest BCUT2D eigenvalue weighted by molar-refractivity contribution is 5.92. The van der Waals surface area contributed by atoms with E-state index in [2.05, 4.69) is 15.0 Å². The van der Waals surface area contributed by atoms with Gasteiger partial charge in [0.15, 0.2) is 0 Å². The molecule has 0 radical (unpaired) electrons. The molecule has 1 amide bonds. The van der Waals surface area contributed by atoms with Crippen LogP contribution in [-0.2, 0) is 0 Å². The van der Waals surface area contributed by atoms with E-state index in [1.807, 2.05) is 5.43 Å². The normalized spacial score (nSPS) is 9.93. The molecule has 15 heavy (non-hydrogen) atoms. The average Bonchev–Trinajstić information content (AvgIpc) is 2.78. The number of nitrogens with two attached hydrogens (primary N) is 1. The summed E-state index contributed by atoms with van der Waals surface area (Å²) in [7, 11) is 0. The molecule has 2 rings (SSSR count). The fourth-order valence-electron chi connectivity index (χ4n) is 1.17. The number of rotatable bonds is 2. The third kappa shape index (κ3) is 1.84. The number of imidazole rings is 1. The zero-order valence-corrected chi connectivity index (χ0v) is 7.77. The van der Waals surface area contributed by atoms with Crippen molar-refractivity contribution < 1.29 is 4.79 Å². The number of hydrazine groups is 1. The number of nitrogen functional groups attached to an aromatic ring is 1. The smallest absolute Gasteiger partial charge is 0.283 e. The van der Waals surface area contributed by atoms with Crippen LogP contribution in [0.4, 0.5) is 0 Å². The van der Waals surface area contributed by atoms with Crippen molar-refractivity contribution in [1.82, 2.24) is 20.4 Å². The predicted molar refractivity (Wildman–Crippen MR) is 53.5 cm³/mol. The molecule has 2 aromatic rings. The number of hydrogen-bond acceptors (Lipinski definition) is 4. The minimum absolute atomic E-state index is 0.323. The molecule has 6 heteroatoms. The van der Waals surface area contributed by atoms with Gasteiger partial charge in [-0.25, -0.2) is 10.8 Å². The maximum Gasteiger partial charge on any atom is 0.283 e. The molecule has 2 heterocycles. The maximum absolute atomic E-state index is 11.1. The van der Waals surface area contributed by atoms with E-state index in [4.69, 9.17) is 5.84 Å². The van der Waals surface area contributed by atoms with E-state index in [1.54, 1.807) is 24.5 Å². The summed E-state index contributed by atoms with van der Waals surface area (Å²) in [5, 5.41) is 0. The van der Waals surface area contributed by atoms with E-state index in [0.29, 0.717) is 11.5 Å². The number of amides is 1. The van der Waals surface area contributed by atoms with Gasteiger partial charge in [-0.3, -0.25) is 15.2 Å². The first-order valence-corrected chi connectivity index (χ1v) is 4.27. The zero-order chi connectivity index (χ0) is 10.7. The lowest BCUT2D eigenvalue weighted by Gasteiger charge is -1.95. The lowest BCUT2D eigenvalue weighted by atomic mass is 10.2. The van der Waals surface area contributed by atoms with Gasteiger partial charge >= 0.3 is 0 Å². The van der Waals surface area contributed by atoms with E-state index in [0.717, 1.165) is 5.56 Å². The lowest BCUT2D eigenvalue weighted by Crippen LogP contribution is -2.30. The number of carbonyl (C=O) groups excluding carboxylic acids is 1. The first-order chi connectivity index (χ1) is 7.31. The highest BCUT2D eigenvalue weighted by Crippen LogP contribution is 2.13. The van der Waals surface area contributed by atoms with Crippen molar-refractivity contribution in [3.8, 4) is 11.4 Å². The predicted octanol–water partition coefficient (Wildman–Crippen LogP) is 0.0752. The fourth-order valence-corrected chi connectivity index (χ4v) is 1.17. The van der Waals surface area contributed by atoms with Crippen molar-refractivity contribution in [3.63, 3.8) is 0 Å². The zero-order valence-electron chi connectivity index (χ0n) is 7.77. The summed E-state index contributed by atoms with van der Waals surface area (Å²) in [6, 6.07) is 3.59. The molecule has 4 N–H and O–H groups in total. The molecular weight excluding hydrogens is 194 g/mol. The van der Waals surface area contributed by atoms with Crippen molar-refractivity contribution >= 4 is 5.91 Å². The van der Waals surface area contributed by atoms with Crippen LogP contribution in [0.3, 0.4) is 0 Å². The summed E-state index contributed by atoms with van der Waals surface area (Å²) in [6.45, 7) is 0. The summed E-state index contributed by atoms with van der Waals surface area (Å²) in [4.78, 5) is 21.9. The van der Waals surface area contributed by atoms with Gasteiger partial charge in [0, 0.05) is 18.0 Å². The monoisotopic (exact) mass is 203 g/mol. The molecule has 0 fully saturated rings. The van der Waals surface area contributed by atoms with Crippen LogP contribution in [-0.4, -0.2) is 20.9 Å². The largest absolute Gasteiger partial charge is 0.334 e. The molecular formula is C9H9N5O. The molecule has 0 aliphatic heterocycles. The van der Waals surface area contributed by atoms with Crippen LogP contribution in [0.25, 0.3) is 11.4 Å². The second-order valence-electron chi connectivity index (χ2n) is 2.85. The Balaban J connectivity index is 2.32. The van der Waals surface area contributed by atoms with Crippen molar-refractivity contribution in [3.05, 3.63) is 36.4 Å². The van der Waals surface area contributed by atoms with Crippen molar-refractivity contribution in [2.45, 2.75) is 0 Å². The van der Waals surface area contributed by atoms with Gasteiger partial charge in [-0.2, -0.15) is 0 Å². The number of nitrogens with one attached hydrogen (secondary N) is 2. The van der Waals surface area contributed by atoms with Crippen LogP contribution in [0.2, 0.25) is 0 Å². The van der Waals surface area contributed by atoms with Crippen LogP contribution in [0.5, 0.6) is 0 Å². The quantitative estimate of drug-likeness (QED) is 0.365. The first kappa shape index (κ1) is 9.35. The van der Waals surface area contributed by atoms with Gasteiger partial charge in [0.25, 0.3) is 5.91 Å². The van der Waals surface area contributed by atoms with E-state index >= 15 is 0 Å². The van der Waals surface area contributed by atoms with Gasteiger partial charge in [-0.15, -0.1) is 0 Å². The van der Waals surface area contributed by atoms with E-state index in [1.165, 1.54) is 6.20 Å². The van der Waals surface area contributed by atoms with Gasteiger partial charge in [0.05, 0.1) is 6.20 Å². The van der Waals surface area contributed by atoms with Crippen LogP contribution < -0.4 is 11.3 Å². The summed E-state index contributed by atoms with van der Waals surface area (Å²) < 4.78 is 0. The molecule has 0 aliphatic rings. The van der Waals surface area contributed by atoms with Crippen LogP contribution in [0, 0.1) is 0 Å². The standard InChI is InChI=1S/C9H9N5O/c10-14-9(15)7-5-12-8(13-7)6-1-3-11-4-2-6/h1-5H,10H2,(H,12,13)(H,14,15). The van der Waals surface area contributed by atoms with Gasteiger partial charge in [0.1, 0.15) is 11.5 Å². The second kappa shape index (κ2) is 3.89. The van der Waals surface area contributed by atoms with Crippen molar-refractivity contribution in [2.75, 3.05) is 0 Å². The average molecular weight is 203 g/mol. The number of hydrogen-bond donors (Lipinski definition) is 3. The molecule has 0 bridgehead atoms. The number of nitrogens with zero attached hydrogens (tertiary/aromatic N) is 2. The van der Waals surface area contributed by atoms with E-state index in [9.17, 15) is 4.79 Å². The first-order valence-electron chi connectivity index (χ1n) is 4.27. The number of pyridine rings is 1. The number of aromatic nitrogens is 3. The topological polar surface area (TPSA) is 96.7 Å². The molecule has 0 unspecified atom stereocenters. The summed E-state index contributed by atoms with van der Waals surface area (Å²) in [6.07, 6.45) is 4.74. The van der Waals surface area contributed by atoms with Crippen molar-refractivity contribution in [2.24, 2.45) is 5.84 Å². The number of H-pyrrole nitrogens is 1. The molecule has 76 valence electrons. The van der Waals surface area contributed by atoms with Crippen LogP contribution >= 0.6 is 0 Å². The van der Waals surface area contributed by atoms with Crippen LogP contribution in [0.1, 0.15) is 10.5 Å². The van der Waals surface area contributed by atoms with Crippen molar-refractivity contribution in [1.29, 1.82) is 0 Å². The second-order valence-corrected chi connectivity index (χ2v) is 2.85. The minimum atomic E-state index is -0.400. The number of aromatic amines is 1. The molecule has 0 saturated carbocycles.